The smallest absolute Gasteiger partial charge is 0.251 e. The van der Waals surface area contributed by atoms with Crippen LogP contribution in [0.15, 0.2) is 84.9 Å². The minimum atomic E-state index is -0.962. The van der Waals surface area contributed by atoms with Gasteiger partial charge >= 0.3 is 0 Å². The molecule has 0 saturated carbocycles. The Balaban J connectivity index is 1.25. The molecule has 8 atom stereocenters. The monoisotopic (exact) mass is 1050 g/mol. The molecule has 414 valence electrons. The molecular formula is C58H84N10O8. The summed E-state index contributed by atoms with van der Waals surface area (Å²) in [6, 6.07) is 19.6. The number of nitrogens with one attached hydrogen (secondary N) is 4. The van der Waals surface area contributed by atoms with Crippen molar-refractivity contribution in [2.24, 2.45) is 22.3 Å². The number of amides is 8. The average molecular weight is 1050 g/mol. The minimum absolute atomic E-state index is 0.208. The van der Waals surface area contributed by atoms with Crippen LogP contribution in [0.3, 0.4) is 0 Å². The number of hydrogen-bond acceptors (Lipinski definition) is 10. The number of benzene rings is 3. The summed E-state index contributed by atoms with van der Waals surface area (Å²) in [5.41, 5.74) is 12.9. The Morgan fingerprint density at radius 3 is 1.16 bits per heavy atom. The first-order chi connectivity index (χ1) is 35.8. The molecule has 8 N–H and O–H groups in total. The highest BCUT2D eigenvalue weighted by molar-refractivity contribution is 6.01. The predicted octanol–water partition coefficient (Wildman–Crippen LogP) is 3.80. The van der Waals surface area contributed by atoms with Crippen molar-refractivity contribution in [3.8, 4) is 0 Å². The number of nitrogens with zero attached hydrogens (tertiary/aromatic N) is 4. The van der Waals surface area contributed by atoms with Crippen molar-refractivity contribution >= 4 is 47.3 Å². The van der Waals surface area contributed by atoms with E-state index in [1.807, 2.05) is 102 Å². The van der Waals surface area contributed by atoms with Gasteiger partial charge in [0.2, 0.25) is 35.4 Å². The van der Waals surface area contributed by atoms with Gasteiger partial charge in [-0.25, -0.2) is 0 Å². The first-order valence-corrected chi connectivity index (χ1v) is 26.9. The van der Waals surface area contributed by atoms with Crippen LogP contribution in [0.5, 0.6) is 0 Å². The van der Waals surface area contributed by atoms with Crippen molar-refractivity contribution in [2.45, 2.75) is 156 Å². The maximum absolute atomic E-state index is 14.3. The quantitative estimate of drug-likeness (QED) is 0.0850. The van der Waals surface area contributed by atoms with E-state index in [0.29, 0.717) is 51.9 Å². The van der Waals surface area contributed by atoms with Crippen molar-refractivity contribution in [1.29, 1.82) is 0 Å². The molecule has 2 aliphatic heterocycles. The molecule has 76 heavy (non-hydrogen) atoms. The zero-order valence-corrected chi connectivity index (χ0v) is 46.4. The Kier molecular flexibility index (Phi) is 21.3. The van der Waals surface area contributed by atoms with Gasteiger partial charge in [0.15, 0.2) is 0 Å². The van der Waals surface area contributed by atoms with E-state index < -0.39 is 70.7 Å². The van der Waals surface area contributed by atoms with Crippen LogP contribution in [-0.2, 0) is 41.6 Å². The molecule has 8 amide bonds. The Bertz CT molecular complexity index is 2300. The summed E-state index contributed by atoms with van der Waals surface area (Å²) >= 11 is 0. The third kappa shape index (κ3) is 16.7. The molecule has 0 spiro atoms. The fourth-order valence-electron chi connectivity index (χ4n) is 9.72. The normalized spacial score (nSPS) is 18.1. The number of carbonyl (C=O) groups excluding carboxylic acids is 8. The highest BCUT2D eigenvalue weighted by Gasteiger charge is 2.43. The summed E-state index contributed by atoms with van der Waals surface area (Å²) < 4.78 is 0. The van der Waals surface area contributed by atoms with Crippen molar-refractivity contribution in [3.63, 3.8) is 0 Å². The van der Waals surface area contributed by atoms with Crippen LogP contribution in [0.25, 0.3) is 0 Å². The Labute approximate surface area is 449 Å². The van der Waals surface area contributed by atoms with Crippen LogP contribution >= 0.6 is 0 Å². The molecule has 0 radical (unpaired) electrons. The third-order valence-electron chi connectivity index (χ3n) is 14.3. The maximum Gasteiger partial charge on any atom is 0.251 e. The van der Waals surface area contributed by atoms with Gasteiger partial charge in [-0.15, -0.1) is 0 Å². The van der Waals surface area contributed by atoms with Crippen LogP contribution in [0.4, 0.5) is 0 Å². The molecule has 0 aromatic heterocycles. The average Bonchev–Trinajstić information content (AvgIpc) is 4.06. The zero-order chi connectivity index (χ0) is 56.1. The minimum Gasteiger partial charge on any atom is -0.342 e. The lowest BCUT2D eigenvalue weighted by molar-refractivity contribution is -0.142. The topological polar surface area (TPSA) is 250 Å². The summed E-state index contributed by atoms with van der Waals surface area (Å²) in [6.45, 7) is 19.7. The molecule has 2 aliphatic rings. The first kappa shape index (κ1) is 60.2. The first-order valence-electron chi connectivity index (χ1n) is 26.9. The van der Waals surface area contributed by atoms with Crippen LogP contribution in [0.1, 0.15) is 127 Å². The van der Waals surface area contributed by atoms with Crippen LogP contribution in [-0.4, -0.2) is 154 Å². The van der Waals surface area contributed by atoms with E-state index in [0.717, 1.165) is 24.0 Å². The molecule has 3 aromatic rings. The fraction of sp³-hybridized carbons (Fsp3) is 0.552. The number of rotatable bonds is 22. The molecule has 3 aromatic carbocycles. The van der Waals surface area contributed by atoms with Crippen LogP contribution in [0, 0.1) is 10.8 Å². The molecule has 5 rings (SSSR count). The molecule has 2 saturated heterocycles. The van der Waals surface area contributed by atoms with Gasteiger partial charge in [0.05, 0.1) is 12.1 Å². The van der Waals surface area contributed by atoms with Gasteiger partial charge in [-0.2, -0.15) is 0 Å². The molecule has 2 fully saturated rings. The lowest BCUT2D eigenvalue weighted by atomic mass is 9.85. The van der Waals surface area contributed by atoms with E-state index >= 15 is 0 Å². The Morgan fingerprint density at radius 1 is 0.526 bits per heavy atom. The van der Waals surface area contributed by atoms with Crippen LogP contribution < -0.4 is 32.7 Å². The summed E-state index contributed by atoms with van der Waals surface area (Å²) in [6.07, 6.45) is 3.82. The third-order valence-corrected chi connectivity index (χ3v) is 14.3. The number of nitrogens with two attached hydrogens (primary N) is 2. The van der Waals surface area contributed by atoms with E-state index in [2.05, 4.69) is 21.3 Å². The zero-order valence-electron chi connectivity index (χ0n) is 46.4. The van der Waals surface area contributed by atoms with Gasteiger partial charge in [0.1, 0.15) is 24.2 Å². The van der Waals surface area contributed by atoms with E-state index in [4.69, 9.17) is 11.5 Å². The van der Waals surface area contributed by atoms with Crippen molar-refractivity contribution < 1.29 is 38.4 Å². The van der Waals surface area contributed by atoms with E-state index in [1.54, 1.807) is 47.3 Å². The number of carbonyl (C=O) groups is 8. The molecule has 0 aliphatic carbocycles. The molecular weight excluding hydrogens is 965 g/mol. The van der Waals surface area contributed by atoms with Gasteiger partial charge < -0.3 is 52.3 Å². The van der Waals surface area contributed by atoms with Gasteiger partial charge in [0.25, 0.3) is 11.8 Å². The van der Waals surface area contributed by atoms with Crippen molar-refractivity contribution in [1.82, 2.24) is 40.9 Å². The van der Waals surface area contributed by atoms with Crippen LogP contribution in [0.2, 0.25) is 0 Å². The lowest BCUT2D eigenvalue weighted by Crippen LogP contribution is -2.59. The highest BCUT2D eigenvalue weighted by atomic mass is 16.2. The van der Waals surface area contributed by atoms with Gasteiger partial charge in [-0.05, 0) is 112 Å². The van der Waals surface area contributed by atoms with Crippen molar-refractivity contribution in [2.75, 3.05) is 39.3 Å². The van der Waals surface area contributed by atoms with E-state index in [9.17, 15) is 38.4 Å². The SMILES string of the molecule is C[C@H](N)C(=O)N[C@H](C(=O)N1CCC[C@H]1CN(CCc1ccccc1)C(=O)[C@@H](C)NC(=O)c1ccc(C(=O)N[C@H](C)C(=O)N(CCc2ccccc2)C[C@@H]2CCCN2C(=O)[C@@H](NC(=O)[C@H](C)N)C(C)(C)C)cc1)C(C)(C)C. The molecule has 0 unspecified atom stereocenters. The van der Waals surface area contributed by atoms with E-state index in [-0.39, 0.29) is 59.9 Å². The summed E-state index contributed by atoms with van der Waals surface area (Å²) in [7, 11) is 0. The maximum atomic E-state index is 14.3. The Morgan fingerprint density at radius 2 is 0.855 bits per heavy atom. The molecule has 18 nitrogen and oxygen atoms in total. The standard InChI is InChI=1S/C58H84N10O8/c1-37(59)49(69)63-47(57(5,6)7)55(75)67-31-17-23-45(67)35-65(33-29-41-19-13-11-14-20-41)53(73)39(3)61-51(71)43-25-27-44(28-26-43)52(72)62-40(4)54(74)66(34-30-42-21-15-12-16-22-42)36-46-24-18-32-68(46)56(76)48(58(8,9)10)64-50(70)38(2)60/h11-16,19-22,25-28,37-40,45-48H,17-18,23-24,29-36,59-60H2,1-10H3,(H,61,71)(H,62,72)(H,63,69)(H,64,70)/t37-,38-,39+,40+,45-,46-,47+,48+/m0/s1. The molecule has 18 heteroatoms. The largest absolute Gasteiger partial charge is 0.342 e. The molecule has 2 heterocycles. The second kappa shape index (κ2) is 26.9. The van der Waals surface area contributed by atoms with Gasteiger partial charge in [-0.1, -0.05) is 102 Å². The molecule has 0 bridgehead atoms. The lowest BCUT2D eigenvalue weighted by Gasteiger charge is -2.38. The number of hydrogen-bond donors (Lipinski definition) is 6. The second-order valence-electron chi connectivity index (χ2n) is 22.9. The second-order valence-corrected chi connectivity index (χ2v) is 22.9. The van der Waals surface area contributed by atoms with E-state index in [1.165, 1.54) is 24.3 Å². The summed E-state index contributed by atoms with van der Waals surface area (Å²) in [5.74, 6) is -3.06. The summed E-state index contributed by atoms with van der Waals surface area (Å²) in [5, 5.41) is 11.4. The Hall–Kier alpha value is -6.66. The fourth-order valence-corrected chi connectivity index (χ4v) is 9.72. The van der Waals surface area contributed by atoms with Crippen molar-refractivity contribution in [3.05, 3.63) is 107 Å². The summed E-state index contributed by atoms with van der Waals surface area (Å²) in [4.78, 5) is 117. The number of likely N-dealkylation sites (tertiary alicyclic amines) is 2. The predicted molar refractivity (Wildman–Crippen MR) is 293 cm³/mol. The van der Waals surface area contributed by atoms with Gasteiger partial charge in [-0.3, -0.25) is 38.4 Å². The van der Waals surface area contributed by atoms with Gasteiger partial charge in [0, 0.05) is 62.5 Å². The highest BCUT2D eigenvalue weighted by Crippen LogP contribution is 2.28.